The number of carbonyl (C=O) groups excluding carboxylic acids is 2. The minimum atomic E-state index is -0.787. The van der Waals surface area contributed by atoms with Crippen molar-refractivity contribution in [2.75, 3.05) is 6.61 Å². The average Bonchev–Trinajstić information content (AvgIpc) is 3.16. The number of carbonyl (C=O) groups is 2. The fourth-order valence-corrected chi connectivity index (χ4v) is 7.19. The monoisotopic (exact) mass is 762 g/mol. The van der Waals surface area contributed by atoms with Crippen molar-refractivity contribution in [3.63, 3.8) is 0 Å². The van der Waals surface area contributed by atoms with Crippen LogP contribution in [0.4, 0.5) is 0 Å². The molecule has 0 aromatic heterocycles. The molecule has 6 heteroatoms. The molecule has 3 unspecified atom stereocenters. The van der Waals surface area contributed by atoms with E-state index in [9.17, 15) is 19.8 Å². The Morgan fingerprint density at radius 3 is 1.41 bits per heavy atom. The van der Waals surface area contributed by atoms with Gasteiger partial charge in [-0.05, 0) is 51.4 Å². The van der Waals surface area contributed by atoms with Crippen LogP contribution in [0, 0.1) is 0 Å². The Hall–Kier alpha value is -1.66. The number of ether oxygens (including phenoxy) is 1. The third kappa shape index (κ3) is 37.3. The number of hydrogen-bond donors (Lipinski definition) is 3. The van der Waals surface area contributed by atoms with Crippen LogP contribution >= 0.6 is 0 Å². The number of hydrogen-bond acceptors (Lipinski definition) is 5. The van der Waals surface area contributed by atoms with Crippen LogP contribution in [0.3, 0.4) is 0 Å². The van der Waals surface area contributed by atoms with Gasteiger partial charge in [0.05, 0.1) is 25.2 Å². The molecular weight excluding hydrogens is 671 g/mol. The van der Waals surface area contributed by atoms with Gasteiger partial charge >= 0.3 is 5.97 Å². The molecule has 0 rings (SSSR count). The van der Waals surface area contributed by atoms with Gasteiger partial charge in [0.25, 0.3) is 0 Å². The van der Waals surface area contributed by atoms with Crippen molar-refractivity contribution in [2.24, 2.45) is 0 Å². The van der Waals surface area contributed by atoms with Crippen molar-refractivity contribution in [3.05, 3.63) is 24.3 Å². The summed E-state index contributed by atoms with van der Waals surface area (Å²) in [6.07, 6.45) is 46.6. The maximum atomic E-state index is 13.1. The van der Waals surface area contributed by atoms with E-state index < -0.39 is 18.2 Å². The predicted molar refractivity (Wildman–Crippen MR) is 232 cm³/mol. The van der Waals surface area contributed by atoms with E-state index in [0.717, 1.165) is 70.6 Å². The molecule has 54 heavy (non-hydrogen) atoms. The SMILES string of the molecule is CCCCC/C=C/C=C/CCCCCCC(CC(=O)NC(CO)C(O)CCCCCCCCCCCCCCC)OC(=O)CCCCCCCCCCC. The van der Waals surface area contributed by atoms with Gasteiger partial charge in [0.2, 0.25) is 5.91 Å². The van der Waals surface area contributed by atoms with E-state index in [1.807, 2.05) is 0 Å². The second kappa shape index (κ2) is 42.5. The molecule has 6 nitrogen and oxygen atoms in total. The van der Waals surface area contributed by atoms with Crippen LogP contribution in [0.1, 0.15) is 245 Å². The zero-order valence-electron chi connectivity index (χ0n) is 36.1. The first-order chi connectivity index (χ1) is 26.5. The van der Waals surface area contributed by atoms with Gasteiger partial charge in [0.1, 0.15) is 6.10 Å². The maximum absolute atomic E-state index is 13.1. The third-order valence-electron chi connectivity index (χ3n) is 10.8. The normalized spacial score (nSPS) is 13.5. The van der Waals surface area contributed by atoms with Gasteiger partial charge in [-0.25, -0.2) is 0 Å². The lowest BCUT2D eigenvalue weighted by molar-refractivity contribution is -0.151. The van der Waals surface area contributed by atoms with Crippen molar-refractivity contribution in [1.82, 2.24) is 5.32 Å². The van der Waals surface area contributed by atoms with Gasteiger partial charge in [0, 0.05) is 6.42 Å². The Balaban J connectivity index is 4.57. The first kappa shape index (κ1) is 52.3. The molecule has 0 heterocycles. The number of aliphatic hydroxyl groups is 2. The molecule has 0 saturated heterocycles. The first-order valence-electron chi connectivity index (χ1n) is 23.6. The summed E-state index contributed by atoms with van der Waals surface area (Å²) in [5.74, 6) is -0.489. The van der Waals surface area contributed by atoms with Crippen molar-refractivity contribution in [1.29, 1.82) is 0 Å². The summed E-state index contributed by atoms with van der Waals surface area (Å²) >= 11 is 0. The zero-order chi connectivity index (χ0) is 39.6. The van der Waals surface area contributed by atoms with Gasteiger partial charge in [0.15, 0.2) is 0 Å². The lowest BCUT2D eigenvalue weighted by Gasteiger charge is -2.24. The maximum Gasteiger partial charge on any atom is 0.306 e. The quantitative estimate of drug-likeness (QED) is 0.0327. The Bertz CT molecular complexity index is 858. The third-order valence-corrected chi connectivity index (χ3v) is 10.8. The van der Waals surface area contributed by atoms with Gasteiger partial charge < -0.3 is 20.3 Å². The number of amides is 1. The summed E-state index contributed by atoms with van der Waals surface area (Å²) in [6, 6.07) is -0.701. The molecule has 0 aliphatic heterocycles. The molecule has 0 radical (unpaired) electrons. The van der Waals surface area contributed by atoms with E-state index in [2.05, 4.69) is 50.4 Å². The van der Waals surface area contributed by atoms with Gasteiger partial charge in [-0.2, -0.15) is 0 Å². The topological polar surface area (TPSA) is 95.9 Å². The van der Waals surface area contributed by atoms with Gasteiger partial charge in [-0.15, -0.1) is 0 Å². The second-order valence-corrected chi connectivity index (χ2v) is 16.2. The van der Waals surface area contributed by atoms with Crippen molar-refractivity contribution < 1.29 is 24.5 Å². The summed E-state index contributed by atoms with van der Waals surface area (Å²) in [7, 11) is 0. The standard InChI is InChI=1S/C48H91NO5/c1-4-7-10-13-16-19-21-23-25-28-30-33-36-39-44(54-48(53)41-38-35-32-27-18-15-12-9-6-3)42-47(52)49-45(43-50)46(51)40-37-34-31-29-26-24-22-20-17-14-11-8-5-2/h16,19,21,23,44-46,50-51H,4-15,17-18,20,22,24-43H2,1-3H3,(H,49,52)/b19-16+,23-21+. The molecule has 0 bridgehead atoms. The van der Waals surface area contributed by atoms with Crippen molar-refractivity contribution >= 4 is 11.9 Å². The number of unbranched alkanes of at least 4 members (excludes halogenated alkanes) is 27. The van der Waals surface area contributed by atoms with Crippen LogP contribution in [0.5, 0.6) is 0 Å². The van der Waals surface area contributed by atoms with E-state index in [1.54, 1.807) is 0 Å². The van der Waals surface area contributed by atoms with Crippen molar-refractivity contribution in [2.45, 2.75) is 264 Å². The molecule has 0 aliphatic rings. The smallest absolute Gasteiger partial charge is 0.306 e. The Morgan fingerprint density at radius 1 is 0.537 bits per heavy atom. The molecule has 318 valence electrons. The number of nitrogens with one attached hydrogen (secondary N) is 1. The van der Waals surface area contributed by atoms with Crippen LogP contribution in [0.25, 0.3) is 0 Å². The van der Waals surface area contributed by atoms with E-state index in [4.69, 9.17) is 4.74 Å². The molecular formula is C48H91NO5. The van der Waals surface area contributed by atoms with Crippen LogP contribution in [-0.2, 0) is 14.3 Å². The fraction of sp³-hybridized carbons (Fsp3) is 0.875. The Morgan fingerprint density at radius 2 is 0.926 bits per heavy atom. The highest BCUT2D eigenvalue weighted by molar-refractivity contribution is 5.77. The minimum Gasteiger partial charge on any atom is -0.462 e. The fourth-order valence-electron chi connectivity index (χ4n) is 7.19. The minimum absolute atomic E-state index is 0.0682. The highest BCUT2D eigenvalue weighted by Crippen LogP contribution is 2.17. The zero-order valence-corrected chi connectivity index (χ0v) is 36.1. The summed E-state index contributed by atoms with van der Waals surface area (Å²) in [4.78, 5) is 25.9. The molecule has 0 fully saturated rings. The molecule has 0 aliphatic carbocycles. The van der Waals surface area contributed by atoms with Crippen LogP contribution in [-0.4, -0.2) is 46.9 Å². The molecule has 0 aromatic rings. The van der Waals surface area contributed by atoms with E-state index in [-0.39, 0.29) is 24.9 Å². The summed E-state index contributed by atoms with van der Waals surface area (Å²) < 4.78 is 5.89. The first-order valence-corrected chi connectivity index (χ1v) is 23.6. The Labute approximate surface area is 335 Å². The number of allylic oxidation sites excluding steroid dienone is 4. The van der Waals surface area contributed by atoms with Gasteiger partial charge in [-0.1, -0.05) is 206 Å². The summed E-state index contributed by atoms with van der Waals surface area (Å²) in [6.45, 7) is 6.43. The molecule has 0 aromatic carbocycles. The highest BCUT2D eigenvalue weighted by Gasteiger charge is 2.24. The van der Waals surface area contributed by atoms with Crippen LogP contribution in [0.15, 0.2) is 24.3 Å². The lowest BCUT2D eigenvalue weighted by Crippen LogP contribution is -2.46. The molecule has 3 atom stereocenters. The number of esters is 1. The van der Waals surface area contributed by atoms with Crippen LogP contribution in [0.2, 0.25) is 0 Å². The van der Waals surface area contributed by atoms with Crippen LogP contribution < -0.4 is 5.32 Å². The van der Waals surface area contributed by atoms with Crippen molar-refractivity contribution in [3.8, 4) is 0 Å². The number of aliphatic hydroxyl groups excluding tert-OH is 2. The van der Waals surface area contributed by atoms with E-state index in [0.29, 0.717) is 19.3 Å². The molecule has 1 amide bonds. The Kier molecular flexibility index (Phi) is 41.2. The molecule has 0 saturated carbocycles. The summed E-state index contributed by atoms with van der Waals surface area (Å²) in [5, 5.41) is 23.7. The van der Waals surface area contributed by atoms with E-state index >= 15 is 0 Å². The average molecular weight is 762 g/mol. The largest absolute Gasteiger partial charge is 0.462 e. The van der Waals surface area contributed by atoms with E-state index in [1.165, 1.54) is 128 Å². The highest BCUT2D eigenvalue weighted by atomic mass is 16.5. The predicted octanol–water partition coefficient (Wildman–Crippen LogP) is 13.6. The molecule has 3 N–H and O–H groups in total. The lowest BCUT2D eigenvalue weighted by atomic mass is 10.0. The second-order valence-electron chi connectivity index (χ2n) is 16.2. The molecule has 0 spiro atoms. The number of rotatable bonds is 42. The summed E-state index contributed by atoms with van der Waals surface area (Å²) in [5.41, 5.74) is 0. The van der Waals surface area contributed by atoms with Gasteiger partial charge in [-0.3, -0.25) is 9.59 Å².